The van der Waals surface area contributed by atoms with E-state index >= 15 is 0 Å². The van der Waals surface area contributed by atoms with Crippen LogP contribution in [-0.4, -0.2) is 11.6 Å². The van der Waals surface area contributed by atoms with Crippen molar-refractivity contribution >= 4 is 11.6 Å². The summed E-state index contributed by atoms with van der Waals surface area (Å²) in [5.41, 5.74) is 4.36. The Kier molecular flexibility index (Phi) is 2.83. The van der Waals surface area contributed by atoms with E-state index in [1.165, 1.54) is 11.1 Å². The zero-order valence-electron chi connectivity index (χ0n) is 13.1. The third kappa shape index (κ3) is 1.77. The highest BCUT2D eigenvalue weighted by molar-refractivity contribution is 5.93. The van der Waals surface area contributed by atoms with Crippen molar-refractivity contribution in [1.82, 2.24) is 0 Å². The van der Waals surface area contributed by atoms with Gasteiger partial charge in [0, 0.05) is 17.8 Å². The first-order valence-corrected chi connectivity index (χ1v) is 8.50. The molecular weight excluding hydrogens is 260 g/mol. The average Bonchev–Trinajstić information content (AvgIpc) is 2.70. The minimum absolute atomic E-state index is 0.0696. The lowest BCUT2D eigenvalue weighted by atomic mass is 9.57. The molecule has 0 heterocycles. The maximum Gasteiger partial charge on any atom is 0.156 e. The van der Waals surface area contributed by atoms with Gasteiger partial charge in [-0.2, -0.15) is 0 Å². The molecule has 2 saturated carbocycles. The molecule has 2 nitrogen and oxygen atoms in total. The second-order valence-corrected chi connectivity index (χ2v) is 7.81. The molecule has 2 fully saturated rings. The van der Waals surface area contributed by atoms with Crippen LogP contribution < -0.4 is 0 Å². The lowest BCUT2D eigenvalue weighted by molar-refractivity contribution is -0.130. The van der Waals surface area contributed by atoms with Crippen LogP contribution in [0.25, 0.3) is 0 Å². The number of rotatable bonds is 0. The SMILES string of the molecule is C[C@@H]1C[C@H]2[C@@H]3CCC4=CC(=O)CCC4=C3CC[C@]2(C)C1=O. The maximum absolute atomic E-state index is 12.6. The Morgan fingerprint density at radius 2 is 1.95 bits per heavy atom. The van der Waals surface area contributed by atoms with E-state index in [1.54, 1.807) is 5.57 Å². The van der Waals surface area contributed by atoms with Crippen LogP contribution in [0.15, 0.2) is 22.8 Å². The fraction of sp³-hybridized carbons (Fsp3) is 0.684. The van der Waals surface area contributed by atoms with Crippen LogP contribution in [0.2, 0.25) is 0 Å². The molecule has 0 radical (unpaired) electrons. The number of ketones is 2. The van der Waals surface area contributed by atoms with E-state index in [0.717, 1.165) is 38.5 Å². The number of hydrogen-bond acceptors (Lipinski definition) is 2. The third-order valence-corrected chi connectivity index (χ3v) is 6.74. The molecule has 2 heteroatoms. The Bertz CT molecular complexity index is 595. The zero-order chi connectivity index (χ0) is 14.8. The van der Waals surface area contributed by atoms with Gasteiger partial charge in [0.1, 0.15) is 5.78 Å². The van der Waals surface area contributed by atoms with Crippen LogP contribution >= 0.6 is 0 Å². The Hall–Kier alpha value is -1.18. The van der Waals surface area contributed by atoms with Crippen molar-refractivity contribution in [2.45, 2.75) is 58.8 Å². The summed E-state index contributed by atoms with van der Waals surface area (Å²) in [4.78, 5) is 24.2. The van der Waals surface area contributed by atoms with Gasteiger partial charge in [-0.3, -0.25) is 9.59 Å². The Labute approximate surface area is 126 Å². The maximum atomic E-state index is 12.6. The topological polar surface area (TPSA) is 34.1 Å². The summed E-state index contributed by atoms with van der Waals surface area (Å²) in [6.45, 7) is 4.34. The molecule has 0 spiro atoms. The lowest BCUT2D eigenvalue weighted by Crippen LogP contribution is -2.40. The number of carbonyl (C=O) groups excluding carboxylic acids is 2. The van der Waals surface area contributed by atoms with Gasteiger partial charge in [0.25, 0.3) is 0 Å². The zero-order valence-corrected chi connectivity index (χ0v) is 13.1. The van der Waals surface area contributed by atoms with Gasteiger partial charge in [-0.25, -0.2) is 0 Å². The molecule has 4 atom stereocenters. The Morgan fingerprint density at radius 1 is 1.14 bits per heavy atom. The van der Waals surface area contributed by atoms with Gasteiger partial charge in [-0.05, 0) is 67.6 Å². The van der Waals surface area contributed by atoms with Crippen LogP contribution in [0.3, 0.4) is 0 Å². The highest BCUT2D eigenvalue weighted by atomic mass is 16.1. The van der Waals surface area contributed by atoms with E-state index in [9.17, 15) is 9.59 Å². The van der Waals surface area contributed by atoms with Gasteiger partial charge in [0.15, 0.2) is 5.78 Å². The second kappa shape index (κ2) is 4.41. The van der Waals surface area contributed by atoms with Crippen molar-refractivity contribution in [2.24, 2.45) is 23.2 Å². The molecule has 0 N–H and O–H groups in total. The van der Waals surface area contributed by atoms with Gasteiger partial charge in [-0.1, -0.05) is 19.4 Å². The monoisotopic (exact) mass is 284 g/mol. The van der Waals surface area contributed by atoms with E-state index in [2.05, 4.69) is 13.8 Å². The summed E-state index contributed by atoms with van der Waals surface area (Å²) in [6, 6.07) is 0. The van der Waals surface area contributed by atoms with Crippen LogP contribution in [0.1, 0.15) is 58.8 Å². The molecule has 0 aliphatic heterocycles. The first kappa shape index (κ1) is 13.5. The number of Topliss-reactive ketones (excluding diaryl/α,β-unsaturated/α-hetero) is 1. The molecule has 4 aliphatic rings. The molecule has 0 amide bonds. The molecule has 0 aromatic carbocycles. The highest BCUT2D eigenvalue weighted by Gasteiger charge is 2.55. The summed E-state index contributed by atoms with van der Waals surface area (Å²) in [6.07, 6.45) is 8.92. The van der Waals surface area contributed by atoms with E-state index in [1.807, 2.05) is 6.08 Å². The van der Waals surface area contributed by atoms with E-state index in [0.29, 0.717) is 29.8 Å². The number of fused-ring (bicyclic) bond motifs is 4. The molecule has 112 valence electrons. The molecular formula is C19H24O2. The van der Waals surface area contributed by atoms with Gasteiger partial charge >= 0.3 is 0 Å². The fourth-order valence-electron chi connectivity index (χ4n) is 5.65. The number of carbonyl (C=O) groups is 2. The molecule has 0 bridgehead atoms. The predicted octanol–water partition coefficient (Wildman–Crippen LogP) is 4.01. The summed E-state index contributed by atoms with van der Waals surface area (Å²) in [5.74, 6) is 2.22. The fourth-order valence-corrected chi connectivity index (χ4v) is 5.65. The number of hydrogen-bond donors (Lipinski definition) is 0. The molecule has 4 rings (SSSR count). The van der Waals surface area contributed by atoms with Crippen molar-refractivity contribution in [1.29, 1.82) is 0 Å². The Balaban J connectivity index is 1.76. The van der Waals surface area contributed by atoms with Gasteiger partial charge in [0.05, 0.1) is 0 Å². The normalized spacial score (nSPS) is 42.4. The van der Waals surface area contributed by atoms with Crippen molar-refractivity contribution in [3.63, 3.8) is 0 Å². The van der Waals surface area contributed by atoms with Crippen LogP contribution in [-0.2, 0) is 9.59 Å². The van der Waals surface area contributed by atoms with Gasteiger partial charge in [-0.15, -0.1) is 0 Å². The summed E-state index contributed by atoms with van der Waals surface area (Å²) < 4.78 is 0. The van der Waals surface area contributed by atoms with Crippen LogP contribution in [0.4, 0.5) is 0 Å². The molecule has 4 aliphatic carbocycles. The summed E-state index contributed by atoms with van der Waals surface area (Å²) in [7, 11) is 0. The van der Waals surface area contributed by atoms with E-state index in [-0.39, 0.29) is 11.3 Å². The van der Waals surface area contributed by atoms with Crippen molar-refractivity contribution in [2.75, 3.05) is 0 Å². The van der Waals surface area contributed by atoms with Gasteiger partial charge < -0.3 is 0 Å². The first-order chi connectivity index (χ1) is 10.0. The number of allylic oxidation sites excluding steroid dienone is 4. The van der Waals surface area contributed by atoms with Crippen LogP contribution in [0, 0.1) is 23.2 Å². The summed E-state index contributed by atoms with van der Waals surface area (Å²) >= 11 is 0. The van der Waals surface area contributed by atoms with E-state index < -0.39 is 0 Å². The molecule has 0 aromatic rings. The average molecular weight is 284 g/mol. The molecule has 21 heavy (non-hydrogen) atoms. The van der Waals surface area contributed by atoms with Crippen molar-refractivity contribution in [3.05, 3.63) is 22.8 Å². The Morgan fingerprint density at radius 3 is 2.76 bits per heavy atom. The van der Waals surface area contributed by atoms with Crippen molar-refractivity contribution < 1.29 is 9.59 Å². The second-order valence-electron chi connectivity index (χ2n) is 7.81. The molecule has 0 saturated heterocycles. The smallest absolute Gasteiger partial charge is 0.156 e. The first-order valence-electron chi connectivity index (χ1n) is 8.50. The van der Waals surface area contributed by atoms with Gasteiger partial charge in [0.2, 0.25) is 0 Å². The largest absolute Gasteiger partial charge is 0.299 e. The quantitative estimate of drug-likeness (QED) is 0.673. The molecule has 0 aromatic heterocycles. The van der Waals surface area contributed by atoms with Crippen molar-refractivity contribution in [3.8, 4) is 0 Å². The van der Waals surface area contributed by atoms with Crippen LogP contribution in [0.5, 0.6) is 0 Å². The minimum Gasteiger partial charge on any atom is -0.299 e. The summed E-state index contributed by atoms with van der Waals surface area (Å²) in [5, 5.41) is 0. The standard InChI is InChI=1S/C19H24O2/c1-11-9-17-16-5-3-12-10-13(20)4-6-14(12)15(16)7-8-19(17,2)18(11)21/h10-11,16-17H,3-9H2,1-2H3/t11-,16-,17+,19+/m1/s1. The minimum atomic E-state index is -0.0696. The highest BCUT2D eigenvalue weighted by Crippen LogP contribution is 2.59. The predicted molar refractivity (Wildman–Crippen MR) is 81.7 cm³/mol. The van der Waals surface area contributed by atoms with E-state index in [4.69, 9.17) is 0 Å². The molecule has 0 unspecified atom stereocenters. The lowest BCUT2D eigenvalue weighted by Gasteiger charge is -2.46. The third-order valence-electron chi connectivity index (χ3n) is 6.74.